The average Bonchev–Trinajstić information content (AvgIpc) is 2.38. The molecule has 0 saturated heterocycles. The van der Waals surface area contributed by atoms with Crippen LogP contribution in [0.15, 0.2) is 0 Å². The molecule has 1 saturated carbocycles. The van der Waals surface area contributed by atoms with E-state index in [9.17, 15) is 9.59 Å². The quantitative estimate of drug-likeness (QED) is 0.589. The number of hydrogen-bond donors (Lipinski definition) is 2. The van der Waals surface area contributed by atoms with Crippen LogP contribution in [-0.4, -0.2) is 57.1 Å². The van der Waals surface area contributed by atoms with Crippen LogP contribution in [0.2, 0.25) is 0 Å². The summed E-state index contributed by atoms with van der Waals surface area (Å²) in [4.78, 5) is 25.2. The van der Waals surface area contributed by atoms with Crippen molar-refractivity contribution in [2.24, 2.45) is 11.1 Å². The zero-order valence-corrected chi connectivity index (χ0v) is 12.6. The summed E-state index contributed by atoms with van der Waals surface area (Å²) in [6.45, 7) is 1.85. The molecule has 0 aromatic heterocycles. The molecule has 0 unspecified atom stereocenters. The summed E-state index contributed by atoms with van der Waals surface area (Å²) in [5.74, 6) is -0.130. The van der Waals surface area contributed by atoms with Crippen molar-refractivity contribution >= 4 is 11.8 Å². The van der Waals surface area contributed by atoms with Gasteiger partial charge in [0.2, 0.25) is 11.8 Å². The molecular formula is C14H27N3O3. The van der Waals surface area contributed by atoms with Crippen LogP contribution in [0.5, 0.6) is 0 Å². The molecule has 1 aliphatic rings. The van der Waals surface area contributed by atoms with E-state index in [1.54, 1.807) is 14.2 Å². The molecule has 3 N–H and O–H groups in total. The van der Waals surface area contributed by atoms with Crippen molar-refractivity contribution in [2.75, 3.05) is 40.4 Å². The summed E-state index contributed by atoms with van der Waals surface area (Å²) in [5, 5.41) is 2.77. The number of carbonyl (C=O) groups is 2. The van der Waals surface area contributed by atoms with Gasteiger partial charge in [0.25, 0.3) is 0 Å². The molecule has 0 radical (unpaired) electrons. The lowest BCUT2D eigenvalue weighted by Crippen LogP contribution is -2.44. The van der Waals surface area contributed by atoms with E-state index < -0.39 is 0 Å². The van der Waals surface area contributed by atoms with Gasteiger partial charge in [0.05, 0.1) is 6.54 Å². The molecule has 116 valence electrons. The van der Waals surface area contributed by atoms with Crippen molar-refractivity contribution < 1.29 is 14.3 Å². The normalized spacial score (nSPS) is 16.4. The molecule has 0 heterocycles. The molecule has 6 heteroatoms. The molecule has 0 aliphatic heterocycles. The van der Waals surface area contributed by atoms with Crippen LogP contribution < -0.4 is 11.1 Å². The number of methoxy groups -OCH3 is 1. The summed E-state index contributed by atoms with van der Waals surface area (Å²) in [6, 6.07) is 0. The summed E-state index contributed by atoms with van der Waals surface area (Å²) in [6.07, 6.45) is 4.42. The highest BCUT2D eigenvalue weighted by Crippen LogP contribution is 2.43. The summed E-state index contributed by atoms with van der Waals surface area (Å²) >= 11 is 0. The molecule has 20 heavy (non-hydrogen) atoms. The number of rotatable bonds is 9. The lowest BCUT2D eigenvalue weighted by atomic mass is 9.66. The first kappa shape index (κ1) is 16.9. The van der Waals surface area contributed by atoms with Crippen LogP contribution in [-0.2, 0) is 14.3 Å². The molecule has 2 amide bonds. The number of nitrogens with two attached hydrogens (primary N) is 1. The molecule has 1 fully saturated rings. The van der Waals surface area contributed by atoms with E-state index in [-0.39, 0.29) is 23.8 Å². The van der Waals surface area contributed by atoms with Gasteiger partial charge in [-0.05, 0) is 31.2 Å². The Hall–Kier alpha value is -1.14. The van der Waals surface area contributed by atoms with E-state index in [1.165, 1.54) is 4.90 Å². The summed E-state index contributed by atoms with van der Waals surface area (Å²) < 4.78 is 4.90. The Labute approximate surface area is 121 Å². The molecule has 0 atom stereocenters. The number of carbonyl (C=O) groups excluding carboxylic acids is 2. The van der Waals surface area contributed by atoms with E-state index >= 15 is 0 Å². The van der Waals surface area contributed by atoms with Gasteiger partial charge in [0, 0.05) is 33.7 Å². The number of likely N-dealkylation sites (N-methyl/N-ethyl adjacent to an activating group) is 1. The number of nitrogens with one attached hydrogen (secondary N) is 1. The van der Waals surface area contributed by atoms with Crippen molar-refractivity contribution in [1.29, 1.82) is 0 Å². The molecule has 1 aliphatic carbocycles. The number of hydrogen-bond acceptors (Lipinski definition) is 4. The minimum atomic E-state index is -0.132. The smallest absolute Gasteiger partial charge is 0.239 e. The highest BCUT2D eigenvalue weighted by Gasteiger charge is 2.38. The van der Waals surface area contributed by atoms with Crippen LogP contribution in [0.25, 0.3) is 0 Å². The van der Waals surface area contributed by atoms with E-state index in [0.717, 1.165) is 25.7 Å². The van der Waals surface area contributed by atoms with Gasteiger partial charge in [-0.3, -0.25) is 9.59 Å². The minimum Gasteiger partial charge on any atom is -0.385 e. The number of nitrogens with zero attached hydrogens (tertiary/aromatic N) is 1. The average molecular weight is 285 g/mol. The van der Waals surface area contributed by atoms with Crippen LogP contribution in [0, 0.1) is 5.41 Å². The largest absolute Gasteiger partial charge is 0.385 e. The van der Waals surface area contributed by atoms with Crippen LogP contribution in [0.3, 0.4) is 0 Å². The topological polar surface area (TPSA) is 84.7 Å². The molecule has 1 rings (SSSR count). The number of amides is 2. The minimum absolute atomic E-state index is 0.00203. The summed E-state index contributed by atoms with van der Waals surface area (Å²) in [7, 11) is 3.29. The fourth-order valence-corrected chi connectivity index (χ4v) is 2.39. The highest BCUT2D eigenvalue weighted by atomic mass is 16.5. The Morgan fingerprint density at radius 3 is 2.60 bits per heavy atom. The van der Waals surface area contributed by atoms with E-state index in [4.69, 9.17) is 10.5 Å². The number of ether oxygens (including phenoxy) is 1. The van der Waals surface area contributed by atoms with E-state index in [2.05, 4.69) is 5.32 Å². The first-order valence-electron chi connectivity index (χ1n) is 7.23. The summed E-state index contributed by atoms with van der Waals surface area (Å²) in [5.41, 5.74) is 5.74. The van der Waals surface area contributed by atoms with Gasteiger partial charge >= 0.3 is 0 Å². The second-order valence-corrected chi connectivity index (χ2v) is 5.68. The molecule has 0 aromatic rings. The van der Waals surface area contributed by atoms with Crippen molar-refractivity contribution in [3.63, 3.8) is 0 Å². The fraction of sp³-hybridized carbons (Fsp3) is 0.857. The molecule has 0 bridgehead atoms. The van der Waals surface area contributed by atoms with Crippen LogP contribution >= 0.6 is 0 Å². The first-order valence-corrected chi connectivity index (χ1v) is 7.23. The predicted octanol–water partition coefficient (Wildman–Crippen LogP) is 0.117. The van der Waals surface area contributed by atoms with Gasteiger partial charge in [0.1, 0.15) is 0 Å². The van der Waals surface area contributed by atoms with Crippen LogP contribution in [0.1, 0.15) is 32.1 Å². The van der Waals surface area contributed by atoms with Gasteiger partial charge in [-0.15, -0.1) is 0 Å². The molecule has 0 spiro atoms. The Morgan fingerprint density at radius 2 is 2.10 bits per heavy atom. The van der Waals surface area contributed by atoms with Crippen molar-refractivity contribution in [2.45, 2.75) is 32.1 Å². The van der Waals surface area contributed by atoms with Gasteiger partial charge in [-0.2, -0.15) is 0 Å². The van der Waals surface area contributed by atoms with Gasteiger partial charge in [-0.1, -0.05) is 6.42 Å². The second-order valence-electron chi connectivity index (χ2n) is 5.68. The SMILES string of the molecule is COCCCNC(=O)CN(C)C(=O)CC1(CN)CCC1. The molecule has 6 nitrogen and oxygen atoms in total. The van der Waals surface area contributed by atoms with Gasteiger partial charge in [0.15, 0.2) is 0 Å². The van der Waals surface area contributed by atoms with Crippen LogP contribution in [0.4, 0.5) is 0 Å². The van der Waals surface area contributed by atoms with Crippen molar-refractivity contribution in [1.82, 2.24) is 10.2 Å². The Morgan fingerprint density at radius 1 is 1.40 bits per heavy atom. The molecule has 0 aromatic carbocycles. The standard InChI is InChI=1S/C14H27N3O3/c1-17(10-12(18)16-7-4-8-20-2)13(19)9-14(11-15)5-3-6-14/h3-11,15H2,1-2H3,(H,16,18). The van der Waals surface area contributed by atoms with Crippen molar-refractivity contribution in [3.8, 4) is 0 Å². The Balaban J connectivity index is 2.25. The Kier molecular flexibility index (Phi) is 6.95. The third-order valence-corrected chi connectivity index (χ3v) is 4.03. The van der Waals surface area contributed by atoms with Crippen molar-refractivity contribution in [3.05, 3.63) is 0 Å². The van der Waals surface area contributed by atoms with Gasteiger partial charge < -0.3 is 20.7 Å². The highest BCUT2D eigenvalue weighted by molar-refractivity contribution is 5.84. The lowest BCUT2D eigenvalue weighted by molar-refractivity contribution is -0.137. The maximum absolute atomic E-state index is 12.1. The Bertz CT molecular complexity index is 324. The maximum Gasteiger partial charge on any atom is 0.239 e. The second kappa shape index (κ2) is 8.21. The third kappa shape index (κ3) is 5.09. The van der Waals surface area contributed by atoms with E-state index in [0.29, 0.717) is 26.1 Å². The predicted molar refractivity (Wildman–Crippen MR) is 77.1 cm³/mol. The first-order chi connectivity index (χ1) is 9.53. The maximum atomic E-state index is 12.1. The van der Waals surface area contributed by atoms with Gasteiger partial charge in [-0.25, -0.2) is 0 Å². The van der Waals surface area contributed by atoms with E-state index in [1.807, 2.05) is 0 Å². The monoisotopic (exact) mass is 285 g/mol. The molecular weight excluding hydrogens is 258 g/mol. The zero-order valence-electron chi connectivity index (χ0n) is 12.6. The fourth-order valence-electron chi connectivity index (χ4n) is 2.39. The lowest BCUT2D eigenvalue weighted by Gasteiger charge is -2.41. The third-order valence-electron chi connectivity index (χ3n) is 4.03. The zero-order chi connectivity index (χ0) is 15.0.